The van der Waals surface area contributed by atoms with E-state index in [0.29, 0.717) is 11.1 Å². The van der Waals surface area contributed by atoms with Crippen LogP contribution in [0.4, 0.5) is 0 Å². The lowest BCUT2D eigenvalue weighted by Gasteiger charge is -2.11. The van der Waals surface area contributed by atoms with Crippen molar-refractivity contribution in [2.75, 3.05) is 0 Å². The summed E-state index contributed by atoms with van der Waals surface area (Å²) in [6.45, 7) is 0. The molecule has 0 amide bonds. The molecule has 0 radical (unpaired) electrons. The highest BCUT2D eigenvalue weighted by molar-refractivity contribution is 6.17. The summed E-state index contributed by atoms with van der Waals surface area (Å²) in [6, 6.07) is 33.4. The van der Waals surface area contributed by atoms with Crippen LogP contribution in [0.2, 0.25) is 0 Å². The predicted molar refractivity (Wildman–Crippen MR) is 227 cm³/mol. The van der Waals surface area contributed by atoms with Crippen molar-refractivity contribution >= 4 is 54.3 Å². The minimum atomic E-state index is -0.685. The van der Waals surface area contributed by atoms with Crippen molar-refractivity contribution in [3.05, 3.63) is 188 Å². The highest BCUT2D eigenvalue weighted by Crippen LogP contribution is 2.37. The van der Waals surface area contributed by atoms with Gasteiger partial charge in [-0.25, -0.2) is 15.0 Å². The molecule has 0 saturated heterocycles. The molecular weight excluding hydrogens is 671 g/mol. The summed E-state index contributed by atoms with van der Waals surface area (Å²) in [5.41, 5.74) is 1.42. The van der Waals surface area contributed by atoms with Gasteiger partial charge >= 0.3 is 0 Å². The van der Waals surface area contributed by atoms with E-state index in [2.05, 4.69) is 36.4 Å². The van der Waals surface area contributed by atoms with Crippen LogP contribution in [0, 0.1) is 0 Å². The van der Waals surface area contributed by atoms with Crippen LogP contribution in [0.5, 0.6) is 0 Å². The van der Waals surface area contributed by atoms with Crippen molar-refractivity contribution in [1.82, 2.24) is 15.0 Å². The Kier molecular flexibility index (Phi) is 5.03. The number of benzene rings is 9. The first kappa shape index (κ1) is 21.9. The standard InChI is InChI=1S/C51H31N3O/c1-3-10-32(11-4-1)36-15-9-16-38(28-36)49-52-50(39-19-18-35-21-24-42-41-17-8-7-14-34(41)20-25-43(42)45(35)30-39)54-51(53-49)40-22-26-44-46-29-37(33-12-5-2-6-13-33)23-27-47(46)55-48(44)31-40/h1-31H/i2D,5D,6D,12D,13D,22D,23D,26D,27D,29D,31D. The quantitative estimate of drug-likeness (QED) is 0.167. The fraction of sp³-hybridized carbons (Fsp3) is 0. The van der Waals surface area contributed by atoms with Crippen LogP contribution in [0.3, 0.4) is 0 Å². The molecule has 2 aromatic heterocycles. The van der Waals surface area contributed by atoms with E-state index in [1.165, 1.54) is 0 Å². The molecule has 256 valence electrons. The molecule has 9 aromatic carbocycles. The van der Waals surface area contributed by atoms with Gasteiger partial charge in [0.2, 0.25) is 0 Å². The molecule has 0 aliphatic rings. The van der Waals surface area contributed by atoms with Gasteiger partial charge in [0.15, 0.2) is 17.5 Å². The van der Waals surface area contributed by atoms with Crippen molar-refractivity contribution in [1.29, 1.82) is 0 Å². The number of hydrogen-bond donors (Lipinski definition) is 0. The van der Waals surface area contributed by atoms with Crippen molar-refractivity contribution in [3.8, 4) is 56.4 Å². The topological polar surface area (TPSA) is 51.8 Å². The maximum Gasteiger partial charge on any atom is 0.164 e. The van der Waals surface area contributed by atoms with Crippen molar-refractivity contribution < 1.29 is 19.5 Å². The van der Waals surface area contributed by atoms with Crippen LogP contribution in [0.1, 0.15) is 15.1 Å². The number of hydrogen-bond acceptors (Lipinski definition) is 4. The van der Waals surface area contributed by atoms with Gasteiger partial charge in [0.25, 0.3) is 0 Å². The Morgan fingerprint density at radius 1 is 0.345 bits per heavy atom. The van der Waals surface area contributed by atoms with Crippen LogP contribution >= 0.6 is 0 Å². The first-order valence-electron chi connectivity index (χ1n) is 23.1. The summed E-state index contributed by atoms with van der Waals surface area (Å²) in [6.07, 6.45) is 0. The molecule has 0 fully saturated rings. The molecule has 0 N–H and O–H groups in total. The Morgan fingerprint density at radius 3 is 1.84 bits per heavy atom. The lowest BCUT2D eigenvalue weighted by molar-refractivity contribution is 0.669. The number of aromatic nitrogens is 3. The van der Waals surface area contributed by atoms with Crippen LogP contribution in [-0.4, -0.2) is 15.0 Å². The number of fused-ring (bicyclic) bond motifs is 8. The summed E-state index contributed by atoms with van der Waals surface area (Å²) in [7, 11) is 0. The van der Waals surface area contributed by atoms with Gasteiger partial charge in [-0.15, -0.1) is 0 Å². The van der Waals surface area contributed by atoms with E-state index < -0.39 is 77.6 Å². The lowest BCUT2D eigenvalue weighted by Crippen LogP contribution is -2.00. The van der Waals surface area contributed by atoms with E-state index in [-0.39, 0.29) is 45.0 Å². The van der Waals surface area contributed by atoms with E-state index in [1.54, 1.807) is 0 Å². The van der Waals surface area contributed by atoms with E-state index in [1.807, 2.05) is 84.9 Å². The fourth-order valence-corrected chi connectivity index (χ4v) is 7.17. The van der Waals surface area contributed by atoms with E-state index in [9.17, 15) is 5.48 Å². The molecule has 0 aliphatic heterocycles. The zero-order valence-electron chi connectivity index (χ0n) is 39.8. The van der Waals surface area contributed by atoms with Gasteiger partial charge in [-0.2, -0.15) is 0 Å². The molecule has 0 bridgehead atoms. The molecule has 11 rings (SSSR count). The molecule has 0 spiro atoms. The third kappa shape index (κ3) is 5.43. The summed E-state index contributed by atoms with van der Waals surface area (Å²) in [4.78, 5) is 14.8. The smallest absolute Gasteiger partial charge is 0.164 e. The minimum Gasteiger partial charge on any atom is -0.456 e. The van der Waals surface area contributed by atoms with Gasteiger partial charge < -0.3 is 4.42 Å². The zero-order chi connectivity index (χ0) is 45.9. The van der Waals surface area contributed by atoms with E-state index in [4.69, 9.17) is 29.0 Å². The molecule has 0 saturated carbocycles. The summed E-state index contributed by atoms with van der Waals surface area (Å²) >= 11 is 0. The van der Waals surface area contributed by atoms with E-state index >= 15 is 0 Å². The first-order valence-corrected chi connectivity index (χ1v) is 17.6. The third-order valence-electron chi connectivity index (χ3n) is 9.85. The van der Waals surface area contributed by atoms with Gasteiger partial charge in [-0.3, -0.25) is 0 Å². The second-order valence-electron chi connectivity index (χ2n) is 13.1. The Bertz CT molecular complexity index is 3880. The minimum absolute atomic E-state index is 0.104. The summed E-state index contributed by atoms with van der Waals surface area (Å²) < 4.78 is 103. The molecule has 0 aliphatic carbocycles. The van der Waals surface area contributed by atoms with Crippen molar-refractivity contribution in [2.45, 2.75) is 0 Å². The lowest BCUT2D eigenvalue weighted by atomic mass is 9.96. The van der Waals surface area contributed by atoms with Gasteiger partial charge in [0.05, 0.1) is 15.1 Å². The normalized spacial score (nSPS) is 14.4. The summed E-state index contributed by atoms with van der Waals surface area (Å²) in [5, 5.41) is 5.90. The second-order valence-corrected chi connectivity index (χ2v) is 13.1. The zero-order valence-corrected chi connectivity index (χ0v) is 28.8. The largest absolute Gasteiger partial charge is 0.456 e. The number of nitrogens with zero attached hydrogens (tertiary/aromatic N) is 3. The third-order valence-corrected chi connectivity index (χ3v) is 9.85. The highest BCUT2D eigenvalue weighted by atomic mass is 16.3. The second kappa shape index (κ2) is 12.6. The fourth-order valence-electron chi connectivity index (χ4n) is 7.17. The van der Waals surface area contributed by atoms with Gasteiger partial charge in [0.1, 0.15) is 11.2 Å². The molecular formula is C51H31N3O. The maximum atomic E-state index is 9.57. The Balaban J connectivity index is 1.16. The predicted octanol–water partition coefficient (Wildman–Crippen LogP) is 13.6. The van der Waals surface area contributed by atoms with Crippen LogP contribution in [-0.2, 0) is 0 Å². The van der Waals surface area contributed by atoms with Gasteiger partial charge in [-0.1, -0.05) is 151 Å². The molecule has 55 heavy (non-hydrogen) atoms. The number of rotatable bonds is 5. The number of furan rings is 1. The molecule has 4 heteroatoms. The van der Waals surface area contributed by atoms with Gasteiger partial charge in [0, 0.05) is 27.5 Å². The Morgan fingerprint density at radius 2 is 1.00 bits per heavy atom. The SMILES string of the molecule is [2H]c1c([2H])c([2H])c(-c2c([2H])c([2H])c3oc4c([2H])c(-c5nc(-c6cccc(-c7ccccc7)c6)nc(-c6ccc7ccc8c9ccccc9ccc8c7c6)n5)c([2H])c([2H])c4c3c2[2H])c([2H])c1[2H]. The molecule has 2 heterocycles. The maximum absolute atomic E-state index is 9.57. The first-order chi connectivity index (χ1) is 31.8. The van der Waals surface area contributed by atoms with Crippen LogP contribution in [0.15, 0.2) is 192 Å². The van der Waals surface area contributed by atoms with Crippen molar-refractivity contribution in [3.63, 3.8) is 0 Å². The Labute approximate surface area is 332 Å². The molecule has 4 nitrogen and oxygen atoms in total. The summed E-state index contributed by atoms with van der Waals surface area (Å²) in [5.74, 6) is 0.364. The van der Waals surface area contributed by atoms with Crippen molar-refractivity contribution in [2.24, 2.45) is 0 Å². The van der Waals surface area contributed by atoms with Gasteiger partial charge in [-0.05, 0) is 90.9 Å². The molecule has 11 aromatic rings. The average molecular weight is 713 g/mol. The Hall–Kier alpha value is -7.43. The highest BCUT2D eigenvalue weighted by Gasteiger charge is 2.17. The molecule has 0 unspecified atom stereocenters. The van der Waals surface area contributed by atoms with E-state index in [0.717, 1.165) is 43.4 Å². The van der Waals surface area contributed by atoms with Crippen LogP contribution < -0.4 is 0 Å². The van der Waals surface area contributed by atoms with Crippen LogP contribution in [0.25, 0.3) is 111 Å². The molecule has 0 atom stereocenters. The average Bonchev–Trinajstić information content (AvgIpc) is 3.77. The monoisotopic (exact) mass is 712 g/mol.